The van der Waals surface area contributed by atoms with E-state index in [1.807, 2.05) is 6.07 Å². The van der Waals surface area contributed by atoms with Crippen LogP contribution in [0.4, 0.5) is 4.79 Å². The Balaban J connectivity index is 2.65. The average Bonchev–Trinajstić information content (AvgIpc) is 2.95. The summed E-state index contributed by atoms with van der Waals surface area (Å²) in [7, 11) is 0. The molecule has 2 aromatic rings. The minimum absolute atomic E-state index is 0.0614. The van der Waals surface area contributed by atoms with E-state index in [1.165, 1.54) is 12.1 Å². The number of rotatable bonds is 14. The summed E-state index contributed by atoms with van der Waals surface area (Å²) in [6, 6.07) is 9.69. The molecule has 12 nitrogen and oxygen atoms in total. The van der Waals surface area contributed by atoms with E-state index in [4.69, 9.17) is 15.2 Å². The van der Waals surface area contributed by atoms with Crippen LogP contribution in [-0.4, -0.2) is 69.6 Å². The standard InChI is InChI=1S/C35H48N4O8/c1-9-20-39(31(43)25(18-19-27(36)40)38-33(45)47-35(6,7)8)28(24-17-13-14-22(2)29(24)41)30(42)37-26(32(44)46-34(3,4)5)21-23-15-11-10-12-16-23/h9-17,25-26,28,41H,1,18-21H2,2-8H3,(H2,36,40)(H,37,42)(H,38,45). The van der Waals surface area contributed by atoms with Crippen molar-refractivity contribution in [3.05, 3.63) is 77.9 Å². The minimum Gasteiger partial charge on any atom is -0.507 e. The molecule has 0 fully saturated rings. The van der Waals surface area contributed by atoms with Crippen LogP contribution in [0.5, 0.6) is 5.75 Å². The van der Waals surface area contributed by atoms with Crippen LogP contribution in [0.2, 0.25) is 0 Å². The van der Waals surface area contributed by atoms with Gasteiger partial charge in [-0.1, -0.05) is 54.6 Å². The number of phenols is 1. The van der Waals surface area contributed by atoms with E-state index in [-0.39, 0.29) is 37.1 Å². The molecular formula is C35H48N4O8. The Bertz CT molecular complexity index is 1430. The van der Waals surface area contributed by atoms with Crippen molar-refractivity contribution >= 4 is 29.8 Å². The van der Waals surface area contributed by atoms with Crippen LogP contribution in [-0.2, 0) is 35.1 Å². The maximum absolute atomic E-state index is 14.4. The summed E-state index contributed by atoms with van der Waals surface area (Å²) in [6.07, 6.45) is 0.0533. The number of nitrogens with two attached hydrogens (primary N) is 1. The number of alkyl carbamates (subject to hydrolysis) is 1. The van der Waals surface area contributed by atoms with Gasteiger partial charge in [0.15, 0.2) is 0 Å². The Kier molecular flexibility index (Phi) is 13.5. The summed E-state index contributed by atoms with van der Waals surface area (Å²) < 4.78 is 11.0. The number of aromatic hydroxyl groups is 1. The van der Waals surface area contributed by atoms with Crippen LogP contribution in [0.15, 0.2) is 61.2 Å². The van der Waals surface area contributed by atoms with Gasteiger partial charge in [-0.15, -0.1) is 6.58 Å². The number of primary amides is 1. The first kappa shape index (κ1) is 38.3. The first-order chi connectivity index (χ1) is 21.8. The minimum atomic E-state index is -1.52. The lowest BCUT2D eigenvalue weighted by molar-refractivity contribution is -0.159. The molecule has 2 rings (SSSR count). The van der Waals surface area contributed by atoms with E-state index < -0.39 is 59.1 Å². The number of hydrogen-bond acceptors (Lipinski definition) is 8. The monoisotopic (exact) mass is 652 g/mol. The number of benzene rings is 2. The summed E-state index contributed by atoms with van der Waals surface area (Å²) >= 11 is 0. The van der Waals surface area contributed by atoms with E-state index in [2.05, 4.69) is 17.2 Å². The van der Waals surface area contributed by atoms with Crippen LogP contribution in [0.3, 0.4) is 0 Å². The van der Waals surface area contributed by atoms with Crippen LogP contribution >= 0.6 is 0 Å². The van der Waals surface area contributed by atoms with E-state index in [0.717, 1.165) is 10.5 Å². The van der Waals surface area contributed by atoms with E-state index >= 15 is 0 Å². The Morgan fingerprint density at radius 3 is 2.09 bits per heavy atom. The molecule has 12 heteroatoms. The van der Waals surface area contributed by atoms with E-state index in [9.17, 15) is 29.1 Å². The van der Waals surface area contributed by atoms with E-state index in [1.54, 1.807) is 84.9 Å². The molecule has 0 aliphatic carbocycles. The predicted molar refractivity (Wildman–Crippen MR) is 177 cm³/mol. The number of para-hydroxylation sites is 1. The third kappa shape index (κ3) is 12.4. The first-order valence-electron chi connectivity index (χ1n) is 15.4. The van der Waals surface area contributed by atoms with Crippen molar-refractivity contribution in [2.75, 3.05) is 6.54 Å². The average molecular weight is 653 g/mol. The molecule has 2 aromatic carbocycles. The molecular weight excluding hydrogens is 604 g/mol. The smallest absolute Gasteiger partial charge is 0.408 e. The fourth-order valence-corrected chi connectivity index (χ4v) is 4.68. The Labute approximate surface area is 276 Å². The maximum atomic E-state index is 14.4. The summed E-state index contributed by atoms with van der Waals surface area (Å²) in [5, 5.41) is 16.4. The van der Waals surface area contributed by atoms with Crippen molar-refractivity contribution in [1.29, 1.82) is 0 Å². The number of amides is 4. The molecule has 0 aromatic heterocycles. The number of esters is 1. The van der Waals surface area contributed by atoms with Gasteiger partial charge < -0.3 is 35.8 Å². The van der Waals surface area contributed by atoms with Gasteiger partial charge in [0.1, 0.15) is 35.1 Å². The fourth-order valence-electron chi connectivity index (χ4n) is 4.68. The maximum Gasteiger partial charge on any atom is 0.408 e. The second-order valence-electron chi connectivity index (χ2n) is 13.2. The quantitative estimate of drug-likeness (QED) is 0.175. The number of nitrogens with one attached hydrogen (secondary N) is 2. The van der Waals surface area contributed by atoms with E-state index in [0.29, 0.717) is 5.56 Å². The van der Waals surface area contributed by atoms with Crippen molar-refractivity contribution in [3.63, 3.8) is 0 Å². The van der Waals surface area contributed by atoms with Crippen molar-refractivity contribution in [2.24, 2.45) is 5.73 Å². The fraction of sp³-hybridized carbons (Fsp3) is 0.457. The number of aryl methyl sites for hydroxylation is 1. The normalized spacial score (nSPS) is 13.3. The molecule has 3 unspecified atom stereocenters. The zero-order chi connectivity index (χ0) is 35.5. The van der Waals surface area contributed by atoms with Crippen molar-refractivity contribution < 1.29 is 38.6 Å². The van der Waals surface area contributed by atoms with Crippen LogP contribution in [0.25, 0.3) is 0 Å². The highest BCUT2D eigenvalue weighted by molar-refractivity contribution is 5.94. The summed E-state index contributed by atoms with van der Waals surface area (Å²) in [5.41, 5.74) is 4.84. The molecule has 0 spiro atoms. The van der Waals surface area contributed by atoms with Gasteiger partial charge in [-0.05, 0) is 66.0 Å². The molecule has 0 bridgehead atoms. The van der Waals surface area contributed by atoms with Gasteiger partial charge in [0.2, 0.25) is 17.7 Å². The summed E-state index contributed by atoms with van der Waals surface area (Å²) in [6.45, 7) is 15.2. The van der Waals surface area contributed by atoms with Crippen LogP contribution < -0.4 is 16.4 Å². The van der Waals surface area contributed by atoms with Gasteiger partial charge >= 0.3 is 12.1 Å². The third-order valence-electron chi connectivity index (χ3n) is 6.69. The second-order valence-corrected chi connectivity index (χ2v) is 13.2. The number of carbonyl (C=O) groups excluding carboxylic acids is 5. The van der Waals surface area contributed by atoms with Gasteiger partial charge in [-0.2, -0.15) is 0 Å². The van der Waals surface area contributed by atoms with Gasteiger partial charge in [0.05, 0.1) is 0 Å². The van der Waals surface area contributed by atoms with Gasteiger partial charge in [-0.3, -0.25) is 14.4 Å². The molecule has 47 heavy (non-hydrogen) atoms. The number of hydrogen-bond donors (Lipinski definition) is 4. The zero-order valence-electron chi connectivity index (χ0n) is 28.3. The van der Waals surface area contributed by atoms with Gasteiger partial charge in [0.25, 0.3) is 0 Å². The molecule has 0 aliphatic rings. The molecule has 0 heterocycles. The van der Waals surface area contributed by atoms with Gasteiger partial charge in [0, 0.05) is 24.9 Å². The molecule has 256 valence electrons. The molecule has 3 atom stereocenters. The Morgan fingerprint density at radius 1 is 0.915 bits per heavy atom. The SMILES string of the molecule is C=CCN(C(=O)C(CCC(N)=O)NC(=O)OC(C)(C)C)C(C(=O)NC(Cc1ccccc1)C(=O)OC(C)(C)C)c1cccc(C)c1O. The largest absolute Gasteiger partial charge is 0.507 e. The molecule has 0 saturated heterocycles. The first-order valence-corrected chi connectivity index (χ1v) is 15.4. The molecule has 0 aliphatic heterocycles. The summed E-state index contributed by atoms with van der Waals surface area (Å²) in [5.74, 6) is -3.25. The second kappa shape index (κ2) is 16.6. The van der Waals surface area contributed by atoms with Crippen molar-refractivity contribution in [2.45, 2.75) is 97.1 Å². The molecule has 0 saturated carbocycles. The van der Waals surface area contributed by atoms with Gasteiger partial charge in [-0.25, -0.2) is 9.59 Å². The topological polar surface area (TPSA) is 177 Å². The summed E-state index contributed by atoms with van der Waals surface area (Å²) in [4.78, 5) is 67.6. The number of nitrogens with zero attached hydrogens (tertiary/aromatic N) is 1. The number of carbonyl (C=O) groups is 5. The molecule has 0 radical (unpaired) electrons. The predicted octanol–water partition coefficient (Wildman–Crippen LogP) is 3.98. The third-order valence-corrected chi connectivity index (χ3v) is 6.69. The zero-order valence-corrected chi connectivity index (χ0v) is 28.3. The Hall–Kier alpha value is -4.87. The number of ether oxygens (including phenoxy) is 2. The highest BCUT2D eigenvalue weighted by atomic mass is 16.6. The van der Waals surface area contributed by atoms with Crippen LogP contribution in [0.1, 0.15) is 77.1 Å². The lowest BCUT2D eigenvalue weighted by atomic mass is 9.97. The molecule has 4 amide bonds. The molecule has 5 N–H and O–H groups in total. The van der Waals surface area contributed by atoms with Crippen LogP contribution in [0, 0.1) is 6.92 Å². The Morgan fingerprint density at radius 2 is 1.53 bits per heavy atom. The van der Waals surface area contributed by atoms with Crippen molar-refractivity contribution in [3.8, 4) is 5.75 Å². The van der Waals surface area contributed by atoms with Crippen molar-refractivity contribution in [1.82, 2.24) is 15.5 Å². The lowest BCUT2D eigenvalue weighted by Crippen LogP contribution is -2.55. The number of phenolic OH excluding ortho intramolecular Hbond substituents is 1. The highest BCUT2D eigenvalue weighted by Gasteiger charge is 2.39. The highest BCUT2D eigenvalue weighted by Crippen LogP contribution is 2.33. The lowest BCUT2D eigenvalue weighted by Gasteiger charge is -2.35.